The predicted octanol–water partition coefficient (Wildman–Crippen LogP) is 1.43. The van der Waals surface area contributed by atoms with Crippen molar-refractivity contribution in [2.45, 2.75) is 43.0 Å². The molecular formula is C15H24N2O3S. The highest BCUT2D eigenvalue weighted by atomic mass is 32.2. The van der Waals surface area contributed by atoms with Crippen LogP contribution in [0.2, 0.25) is 0 Å². The van der Waals surface area contributed by atoms with Crippen LogP contribution in [0.1, 0.15) is 31.7 Å². The summed E-state index contributed by atoms with van der Waals surface area (Å²) in [6.45, 7) is 3.45. The maximum absolute atomic E-state index is 12.5. The molecule has 0 aromatic heterocycles. The Kier molecular flexibility index (Phi) is 5.37. The number of nitrogens with one attached hydrogen (secondary N) is 1. The fraction of sp³-hybridized carbons (Fsp3) is 0.600. The first-order valence-electron chi connectivity index (χ1n) is 7.42. The Morgan fingerprint density at radius 1 is 1.24 bits per heavy atom. The van der Waals surface area contributed by atoms with Crippen molar-refractivity contribution < 1.29 is 13.2 Å². The Morgan fingerprint density at radius 3 is 2.38 bits per heavy atom. The normalized spacial score (nSPS) is 18.6. The van der Waals surface area contributed by atoms with Crippen LogP contribution in [0.25, 0.3) is 0 Å². The minimum Gasteiger partial charge on any atom is -0.381 e. The van der Waals surface area contributed by atoms with Gasteiger partial charge in [-0.05, 0) is 37.0 Å². The van der Waals surface area contributed by atoms with Crippen LogP contribution in [0.4, 0.5) is 0 Å². The van der Waals surface area contributed by atoms with Gasteiger partial charge in [0.2, 0.25) is 10.0 Å². The van der Waals surface area contributed by atoms with Gasteiger partial charge in [-0.1, -0.05) is 25.5 Å². The first-order chi connectivity index (χ1) is 10.0. The SMILES string of the molecule is CCCc1ccc(S(=O)(=O)NC2(CN)CCOCC2)cc1. The van der Waals surface area contributed by atoms with Gasteiger partial charge in [-0.3, -0.25) is 0 Å². The van der Waals surface area contributed by atoms with Crippen LogP contribution in [-0.4, -0.2) is 33.7 Å². The molecule has 0 spiro atoms. The highest BCUT2D eigenvalue weighted by Gasteiger charge is 2.35. The summed E-state index contributed by atoms with van der Waals surface area (Å²) in [5, 5.41) is 0. The topological polar surface area (TPSA) is 81.4 Å². The van der Waals surface area contributed by atoms with Gasteiger partial charge < -0.3 is 10.5 Å². The molecule has 0 saturated carbocycles. The van der Waals surface area contributed by atoms with Crippen LogP contribution >= 0.6 is 0 Å². The molecule has 3 N–H and O–H groups in total. The molecular weight excluding hydrogens is 288 g/mol. The smallest absolute Gasteiger partial charge is 0.241 e. The minimum absolute atomic E-state index is 0.281. The average Bonchev–Trinajstić information content (AvgIpc) is 2.49. The van der Waals surface area contributed by atoms with Gasteiger partial charge in [-0.2, -0.15) is 0 Å². The molecule has 0 unspecified atom stereocenters. The summed E-state index contributed by atoms with van der Waals surface area (Å²) < 4.78 is 33.1. The van der Waals surface area contributed by atoms with E-state index in [9.17, 15) is 8.42 Å². The lowest BCUT2D eigenvalue weighted by Gasteiger charge is -2.36. The van der Waals surface area contributed by atoms with Crippen LogP contribution in [-0.2, 0) is 21.2 Å². The van der Waals surface area contributed by atoms with Crippen molar-refractivity contribution >= 4 is 10.0 Å². The number of sulfonamides is 1. The molecule has 1 aliphatic rings. The van der Waals surface area contributed by atoms with Gasteiger partial charge in [0.1, 0.15) is 0 Å². The van der Waals surface area contributed by atoms with Crippen molar-refractivity contribution in [1.29, 1.82) is 0 Å². The van der Waals surface area contributed by atoms with Crippen LogP contribution in [0.3, 0.4) is 0 Å². The first-order valence-corrected chi connectivity index (χ1v) is 8.90. The number of rotatable bonds is 6. The van der Waals surface area contributed by atoms with Crippen molar-refractivity contribution in [3.63, 3.8) is 0 Å². The fourth-order valence-corrected chi connectivity index (χ4v) is 4.05. The van der Waals surface area contributed by atoms with Crippen molar-refractivity contribution in [2.24, 2.45) is 5.73 Å². The maximum Gasteiger partial charge on any atom is 0.241 e. The third-order valence-corrected chi connectivity index (χ3v) is 5.56. The number of hydrogen-bond acceptors (Lipinski definition) is 4. The molecule has 1 aliphatic heterocycles. The van der Waals surface area contributed by atoms with E-state index in [1.54, 1.807) is 12.1 Å². The second kappa shape index (κ2) is 6.87. The molecule has 0 amide bonds. The van der Waals surface area contributed by atoms with E-state index in [-0.39, 0.29) is 6.54 Å². The second-order valence-electron chi connectivity index (χ2n) is 5.60. The lowest BCUT2D eigenvalue weighted by molar-refractivity contribution is 0.0502. The number of benzene rings is 1. The van der Waals surface area contributed by atoms with E-state index in [0.29, 0.717) is 31.0 Å². The Hall–Kier alpha value is -0.950. The number of ether oxygens (including phenoxy) is 1. The van der Waals surface area contributed by atoms with Gasteiger partial charge in [0.15, 0.2) is 0 Å². The Bertz CT molecular complexity index is 549. The van der Waals surface area contributed by atoms with E-state index in [1.807, 2.05) is 12.1 Å². The Labute approximate surface area is 126 Å². The lowest BCUT2D eigenvalue weighted by Crippen LogP contribution is -2.56. The molecule has 1 fully saturated rings. The van der Waals surface area contributed by atoms with Gasteiger partial charge in [0.25, 0.3) is 0 Å². The molecule has 21 heavy (non-hydrogen) atoms. The molecule has 0 aliphatic carbocycles. The molecule has 6 heteroatoms. The largest absolute Gasteiger partial charge is 0.381 e. The highest BCUT2D eigenvalue weighted by Crippen LogP contribution is 2.23. The standard InChI is InChI=1S/C15H24N2O3S/c1-2-3-13-4-6-14(7-5-13)21(18,19)17-15(12-16)8-10-20-11-9-15/h4-7,17H,2-3,8-12,16H2,1H3. The average molecular weight is 312 g/mol. The molecule has 118 valence electrons. The van der Waals surface area contributed by atoms with Crippen LogP contribution in [0.5, 0.6) is 0 Å². The lowest BCUT2D eigenvalue weighted by atomic mass is 9.92. The van der Waals surface area contributed by atoms with E-state index < -0.39 is 15.6 Å². The molecule has 1 saturated heterocycles. The zero-order valence-electron chi connectivity index (χ0n) is 12.5. The number of aryl methyl sites for hydroxylation is 1. The predicted molar refractivity (Wildman–Crippen MR) is 82.6 cm³/mol. The minimum atomic E-state index is -3.55. The molecule has 1 aromatic carbocycles. The van der Waals surface area contributed by atoms with Crippen LogP contribution in [0, 0.1) is 0 Å². The summed E-state index contributed by atoms with van der Waals surface area (Å²) in [4.78, 5) is 0.293. The van der Waals surface area contributed by atoms with E-state index in [0.717, 1.165) is 18.4 Å². The molecule has 2 rings (SSSR count). The zero-order valence-corrected chi connectivity index (χ0v) is 13.3. The van der Waals surface area contributed by atoms with Crippen LogP contribution < -0.4 is 10.5 Å². The van der Waals surface area contributed by atoms with Gasteiger partial charge in [0.05, 0.1) is 4.90 Å². The molecule has 5 nitrogen and oxygen atoms in total. The molecule has 0 atom stereocenters. The van der Waals surface area contributed by atoms with E-state index >= 15 is 0 Å². The summed E-state index contributed by atoms with van der Waals surface area (Å²) in [6, 6.07) is 7.07. The molecule has 1 heterocycles. The number of hydrogen-bond donors (Lipinski definition) is 2. The first kappa shape index (κ1) is 16.4. The summed E-state index contributed by atoms with van der Waals surface area (Å²) >= 11 is 0. The molecule has 1 aromatic rings. The summed E-state index contributed by atoms with van der Waals surface area (Å²) in [6.07, 6.45) is 3.21. The quantitative estimate of drug-likeness (QED) is 0.832. The van der Waals surface area contributed by atoms with Gasteiger partial charge in [0, 0.05) is 25.3 Å². The monoisotopic (exact) mass is 312 g/mol. The Morgan fingerprint density at radius 2 is 1.86 bits per heavy atom. The maximum atomic E-state index is 12.5. The third-order valence-electron chi connectivity index (χ3n) is 3.96. The number of nitrogens with two attached hydrogens (primary N) is 1. The fourth-order valence-electron chi connectivity index (χ4n) is 2.58. The third kappa shape index (κ3) is 4.03. The summed E-state index contributed by atoms with van der Waals surface area (Å²) in [5.74, 6) is 0. The summed E-state index contributed by atoms with van der Waals surface area (Å²) in [7, 11) is -3.55. The van der Waals surface area contributed by atoms with Crippen molar-refractivity contribution in [1.82, 2.24) is 4.72 Å². The molecule has 0 radical (unpaired) electrons. The van der Waals surface area contributed by atoms with Gasteiger partial charge >= 0.3 is 0 Å². The highest BCUT2D eigenvalue weighted by molar-refractivity contribution is 7.89. The van der Waals surface area contributed by atoms with Gasteiger partial charge in [-0.25, -0.2) is 13.1 Å². The van der Waals surface area contributed by atoms with E-state index in [4.69, 9.17) is 10.5 Å². The van der Waals surface area contributed by atoms with Crippen molar-refractivity contribution in [3.05, 3.63) is 29.8 Å². The molecule has 0 bridgehead atoms. The van der Waals surface area contributed by atoms with Crippen molar-refractivity contribution in [2.75, 3.05) is 19.8 Å². The van der Waals surface area contributed by atoms with E-state index in [2.05, 4.69) is 11.6 Å². The van der Waals surface area contributed by atoms with Crippen molar-refractivity contribution in [3.8, 4) is 0 Å². The van der Waals surface area contributed by atoms with E-state index in [1.165, 1.54) is 0 Å². The van der Waals surface area contributed by atoms with Crippen LogP contribution in [0.15, 0.2) is 29.2 Å². The van der Waals surface area contributed by atoms with Gasteiger partial charge in [-0.15, -0.1) is 0 Å². The second-order valence-corrected chi connectivity index (χ2v) is 7.28. The summed E-state index contributed by atoms with van der Waals surface area (Å²) in [5.41, 5.74) is 6.37. The zero-order chi connectivity index (χ0) is 15.3. The Balaban J connectivity index is 2.16.